The second-order valence-corrected chi connectivity index (χ2v) is 24.9. The molecule has 18 aromatic rings. The molecular weight excluding hydrogens is 1030 g/mol. The van der Waals surface area contributed by atoms with Gasteiger partial charge in [0.05, 0.1) is 0 Å². The van der Waals surface area contributed by atoms with Gasteiger partial charge in [-0.2, -0.15) is 0 Å². The van der Waals surface area contributed by atoms with E-state index >= 15 is 0 Å². The molecule has 3 heteroatoms. The lowest BCUT2D eigenvalue weighted by atomic mass is 9.88. The van der Waals surface area contributed by atoms with Crippen molar-refractivity contribution < 1.29 is 0 Å². The largest absolute Gasteiger partial charge is 0.135 e. The second-order valence-electron chi connectivity index (χ2n) is 21.7. The van der Waals surface area contributed by atoms with Crippen LogP contribution in [-0.2, 0) is 0 Å². The van der Waals surface area contributed by atoms with Crippen LogP contribution in [0.2, 0.25) is 0 Å². The van der Waals surface area contributed by atoms with Gasteiger partial charge in [-0.1, -0.05) is 218 Å². The van der Waals surface area contributed by atoms with Crippen molar-refractivity contribution in [3.8, 4) is 55.6 Å². The second kappa shape index (κ2) is 17.5. The van der Waals surface area contributed by atoms with Crippen LogP contribution in [0, 0.1) is 0 Å². The molecule has 0 aliphatic carbocycles. The molecule has 0 bridgehead atoms. The molecule has 0 unspecified atom stereocenters. The molecule has 0 amide bonds. The van der Waals surface area contributed by atoms with Crippen LogP contribution < -0.4 is 0 Å². The van der Waals surface area contributed by atoms with Gasteiger partial charge in [-0.25, -0.2) is 0 Å². The van der Waals surface area contributed by atoms with Gasteiger partial charge < -0.3 is 0 Å². The number of hydrogen-bond donors (Lipinski definition) is 0. The molecule has 3 heterocycles. The Morgan fingerprint density at radius 1 is 0.160 bits per heavy atom. The van der Waals surface area contributed by atoms with Gasteiger partial charge in [0.1, 0.15) is 0 Å². The summed E-state index contributed by atoms with van der Waals surface area (Å²) in [6, 6.07) is 101. The fourth-order valence-corrected chi connectivity index (χ4v) is 17.4. The molecule has 3 aromatic heterocycles. The molecule has 0 saturated carbocycles. The van der Waals surface area contributed by atoms with Crippen molar-refractivity contribution in [2.24, 2.45) is 0 Å². The molecular formula is C78H44S3. The third-order valence-electron chi connectivity index (χ3n) is 17.4. The summed E-state index contributed by atoms with van der Waals surface area (Å²) < 4.78 is 7.93. The molecule has 0 spiro atoms. The van der Waals surface area contributed by atoms with Gasteiger partial charge in [0.15, 0.2) is 0 Å². The van der Waals surface area contributed by atoms with Crippen LogP contribution in [0.5, 0.6) is 0 Å². The van der Waals surface area contributed by atoms with Crippen molar-refractivity contribution in [2.75, 3.05) is 0 Å². The number of benzene rings is 15. The maximum absolute atomic E-state index is 2.44. The van der Waals surface area contributed by atoms with E-state index in [2.05, 4.69) is 267 Å². The van der Waals surface area contributed by atoms with Crippen molar-refractivity contribution in [3.05, 3.63) is 267 Å². The summed E-state index contributed by atoms with van der Waals surface area (Å²) in [7, 11) is 0. The Balaban J connectivity index is 0.745. The smallest absolute Gasteiger partial charge is 0.0434 e. The van der Waals surface area contributed by atoms with E-state index in [-0.39, 0.29) is 0 Å². The van der Waals surface area contributed by atoms with E-state index < -0.39 is 0 Å². The van der Waals surface area contributed by atoms with Crippen molar-refractivity contribution in [2.45, 2.75) is 0 Å². The van der Waals surface area contributed by atoms with Crippen LogP contribution in [0.25, 0.3) is 181 Å². The van der Waals surface area contributed by atoms with Gasteiger partial charge in [-0.05, 0) is 163 Å². The zero-order valence-corrected chi connectivity index (χ0v) is 46.1. The summed E-state index contributed by atoms with van der Waals surface area (Å²) in [5, 5.41) is 23.3. The van der Waals surface area contributed by atoms with E-state index in [1.807, 2.05) is 34.0 Å². The normalized spacial score (nSPS) is 12.2. The van der Waals surface area contributed by atoms with Crippen LogP contribution >= 0.6 is 34.0 Å². The van der Waals surface area contributed by atoms with Gasteiger partial charge in [0, 0.05) is 66.1 Å². The lowest BCUT2D eigenvalue weighted by Gasteiger charge is -2.16. The van der Waals surface area contributed by atoms with Crippen molar-refractivity contribution >= 4 is 159 Å². The maximum Gasteiger partial charge on any atom is 0.0434 e. The third-order valence-corrected chi connectivity index (χ3v) is 21.1. The first kappa shape index (κ1) is 45.4. The van der Waals surface area contributed by atoms with E-state index in [1.54, 1.807) is 0 Å². The number of thiophene rings is 3. The number of fused-ring (bicyclic) bond motifs is 21. The van der Waals surface area contributed by atoms with Crippen molar-refractivity contribution in [3.63, 3.8) is 0 Å². The van der Waals surface area contributed by atoms with Crippen LogP contribution in [-0.4, -0.2) is 0 Å². The van der Waals surface area contributed by atoms with Crippen molar-refractivity contribution in [1.29, 1.82) is 0 Å². The molecule has 0 saturated heterocycles. The zero-order chi connectivity index (χ0) is 52.9. The summed E-state index contributed by atoms with van der Waals surface area (Å²) in [5.74, 6) is 0. The Morgan fingerprint density at radius 3 is 1.07 bits per heavy atom. The third kappa shape index (κ3) is 6.81. The predicted molar refractivity (Wildman–Crippen MR) is 357 cm³/mol. The predicted octanol–water partition coefficient (Wildman–Crippen LogP) is 24.0. The molecule has 81 heavy (non-hydrogen) atoms. The van der Waals surface area contributed by atoms with Gasteiger partial charge in [0.2, 0.25) is 0 Å². The average Bonchev–Trinajstić information content (AvgIpc) is 4.34. The SMILES string of the molecule is c1cc(-c2cccc3c2sc2ccccc23)cc(-c2cccc3c2sc2c(-c4cccc5c6ccc(-c7ccc8sc9ccc(-c%10ccc%11c%12ccccc%12c%12ccccc%12c%11c%10)cc9c8c7)cc6c6ccccc6c45)cccc23)c1. The standard InChI is InChI=1S/C78H44S3/c1-2-18-55-53(16-1)54-17-3-4-19-56(54)68-41-45(32-36-58(55)68)47-34-38-73-70(43-47)71-44-48(35-39-74(71)79-73)46-33-37-59-62-25-12-26-63(75(62)61-22-6-5-20-57(61)69(59)42-46)65-28-13-30-67-66-29-11-24-52(77(66)81-78(65)67)50-15-9-14-49(40-50)51-23-10-27-64-60-21-7-8-31-72(60)80-76(51)64/h1-44H. The molecule has 0 N–H and O–H groups in total. The first-order chi connectivity index (χ1) is 40.1. The molecule has 15 aromatic carbocycles. The fourth-order valence-electron chi connectivity index (χ4n) is 13.7. The summed E-state index contributed by atoms with van der Waals surface area (Å²) >= 11 is 5.71. The number of rotatable bonds is 5. The highest BCUT2D eigenvalue weighted by molar-refractivity contribution is 7.27. The topological polar surface area (TPSA) is 0 Å². The van der Waals surface area contributed by atoms with E-state index in [0.29, 0.717) is 0 Å². The molecule has 0 fully saturated rings. The fraction of sp³-hybridized carbons (Fsp3) is 0. The Morgan fingerprint density at radius 2 is 0.506 bits per heavy atom. The summed E-state index contributed by atoms with van der Waals surface area (Å²) in [4.78, 5) is 0. The molecule has 0 atom stereocenters. The van der Waals surface area contributed by atoms with Crippen molar-refractivity contribution in [1.82, 2.24) is 0 Å². The summed E-state index contributed by atoms with van der Waals surface area (Å²) in [5.41, 5.74) is 12.5. The average molecular weight is 1080 g/mol. The van der Waals surface area contributed by atoms with E-state index in [1.165, 1.54) is 181 Å². The lowest BCUT2D eigenvalue weighted by Crippen LogP contribution is -1.88. The Labute approximate surface area is 478 Å². The molecule has 0 aliphatic rings. The van der Waals surface area contributed by atoms with Gasteiger partial charge in [-0.15, -0.1) is 34.0 Å². The van der Waals surface area contributed by atoms with Crippen LogP contribution in [0.1, 0.15) is 0 Å². The molecule has 0 nitrogen and oxygen atoms in total. The molecule has 0 radical (unpaired) electrons. The summed E-state index contributed by atoms with van der Waals surface area (Å²) in [6.07, 6.45) is 0. The minimum atomic E-state index is 1.22. The maximum atomic E-state index is 2.44. The van der Waals surface area contributed by atoms with Crippen LogP contribution in [0.4, 0.5) is 0 Å². The van der Waals surface area contributed by atoms with E-state index in [4.69, 9.17) is 0 Å². The minimum absolute atomic E-state index is 1.22. The molecule has 0 aliphatic heterocycles. The summed E-state index contributed by atoms with van der Waals surface area (Å²) in [6.45, 7) is 0. The van der Waals surface area contributed by atoms with Crippen LogP contribution in [0.15, 0.2) is 267 Å². The van der Waals surface area contributed by atoms with E-state index in [9.17, 15) is 0 Å². The Hall–Kier alpha value is -9.48. The Kier molecular flexibility index (Phi) is 9.81. The zero-order valence-electron chi connectivity index (χ0n) is 43.6. The van der Waals surface area contributed by atoms with Gasteiger partial charge in [-0.3, -0.25) is 0 Å². The number of hydrogen-bond acceptors (Lipinski definition) is 3. The van der Waals surface area contributed by atoms with Crippen LogP contribution in [0.3, 0.4) is 0 Å². The van der Waals surface area contributed by atoms with Gasteiger partial charge >= 0.3 is 0 Å². The highest BCUT2D eigenvalue weighted by Crippen LogP contribution is 2.49. The van der Waals surface area contributed by atoms with Gasteiger partial charge in [0.25, 0.3) is 0 Å². The Bertz CT molecular complexity index is 5660. The first-order valence-electron chi connectivity index (χ1n) is 27.8. The minimum Gasteiger partial charge on any atom is -0.135 e. The quantitative estimate of drug-likeness (QED) is 0.151. The van der Waals surface area contributed by atoms with E-state index in [0.717, 1.165) is 0 Å². The highest BCUT2D eigenvalue weighted by atomic mass is 32.1. The highest BCUT2D eigenvalue weighted by Gasteiger charge is 2.20. The lowest BCUT2D eigenvalue weighted by molar-refractivity contribution is 1.65. The molecule has 374 valence electrons. The monoisotopic (exact) mass is 1080 g/mol. The molecule has 18 rings (SSSR count). The first-order valence-corrected chi connectivity index (χ1v) is 30.2.